The van der Waals surface area contributed by atoms with Crippen molar-refractivity contribution < 1.29 is 18.3 Å². The maximum absolute atomic E-state index is 12.4. The fraction of sp³-hybridized carbons (Fsp3) is 0.444. The van der Waals surface area contributed by atoms with E-state index < -0.39 is 17.3 Å². The van der Waals surface area contributed by atoms with E-state index in [2.05, 4.69) is 4.98 Å². The third-order valence-corrected chi connectivity index (χ3v) is 1.79. The Hall–Kier alpha value is -1.10. The fourth-order valence-electron chi connectivity index (χ4n) is 1.15. The van der Waals surface area contributed by atoms with Crippen LogP contribution in [-0.2, 0) is 11.8 Å². The van der Waals surface area contributed by atoms with Gasteiger partial charge in [0, 0.05) is 12.4 Å². The van der Waals surface area contributed by atoms with E-state index in [0.29, 0.717) is 6.20 Å². The summed E-state index contributed by atoms with van der Waals surface area (Å²) < 4.78 is 37.3. The third-order valence-electron chi connectivity index (χ3n) is 1.79. The van der Waals surface area contributed by atoms with Gasteiger partial charge in [-0.15, -0.1) is 0 Å². The van der Waals surface area contributed by atoms with Gasteiger partial charge in [-0.2, -0.15) is 13.2 Å². The lowest BCUT2D eigenvalue weighted by molar-refractivity contribution is -0.140. The molecule has 0 aliphatic heterocycles. The van der Waals surface area contributed by atoms with Gasteiger partial charge in [0.05, 0.1) is 11.2 Å². The van der Waals surface area contributed by atoms with Gasteiger partial charge in [0.2, 0.25) is 0 Å². The standard InChI is InChI=1S/C9H10F3NO/c1-8(2,14)6-3-4-13-5-7(6)9(10,11)12/h3-5,14H,1-2H3. The van der Waals surface area contributed by atoms with Crippen LogP contribution >= 0.6 is 0 Å². The van der Waals surface area contributed by atoms with Crippen LogP contribution in [0.4, 0.5) is 13.2 Å². The molecule has 0 saturated carbocycles. The van der Waals surface area contributed by atoms with E-state index in [1.165, 1.54) is 26.1 Å². The van der Waals surface area contributed by atoms with E-state index in [0.717, 1.165) is 0 Å². The molecule has 1 rings (SSSR count). The Bertz CT molecular complexity index is 295. The highest BCUT2D eigenvalue weighted by atomic mass is 19.4. The molecule has 0 unspecified atom stereocenters. The normalized spacial score (nSPS) is 13.0. The number of hydrogen-bond acceptors (Lipinski definition) is 2. The Kier molecular flexibility index (Phi) is 2.54. The number of aromatic nitrogens is 1. The minimum absolute atomic E-state index is 0.167. The highest BCUT2D eigenvalue weighted by Crippen LogP contribution is 2.35. The maximum atomic E-state index is 12.4. The zero-order chi connectivity index (χ0) is 11.0. The van der Waals surface area contributed by atoms with Gasteiger partial charge in [-0.1, -0.05) is 0 Å². The molecule has 0 bridgehead atoms. The van der Waals surface area contributed by atoms with Crippen molar-refractivity contribution in [1.82, 2.24) is 4.98 Å². The topological polar surface area (TPSA) is 33.1 Å². The molecular weight excluding hydrogens is 195 g/mol. The van der Waals surface area contributed by atoms with E-state index in [-0.39, 0.29) is 5.56 Å². The number of halogens is 3. The number of nitrogens with zero attached hydrogens (tertiary/aromatic N) is 1. The van der Waals surface area contributed by atoms with Crippen molar-refractivity contribution in [2.45, 2.75) is 25.6 Å². The maximum Gasteiger partial charge on any atom is 0.418 e. The molecule has 5 heteroatoms. The first kappa shape index (κ1) is 11.0. The summed E-state index contributed by atoms with van der Waals surface area (Å²) in [5, 5.41) is 9.51. The largest absolute Gasteiger partial charge is 0.418 e. The molecule has 0 radical (unpaired) electrons. The highest BCUT2D eigenvalue weighted by Gasteiger charge is 2.37. The Labute approximate surface area is 79.4 Å². The summed E-state index contributed by atoms with van der Waals surface area (Å²) in [6.07, 6.45) is -2.54. The summed E-state index contributed by atoms with van der Waals surface area (Å²) in [7, 11) is 0. The first-order valence-corrected chi connectivity index (χ1v) is 3.97. The van der Waals surface area contributed by atoms with E-state index in [1.807, 2.05) is 0 Å². The molecule has 0 atom stereocenters. The number of pyridine rings is 1. The van der Waals surface area contributed by atoms with Gasteiger partial charge >= 0.3 is 6.18 Å². The molecule has 78 valence electrons. The van der Waals surface area contributed by atoms with Gasteiger partial charge in [-0.05, 0) is 25.5 Å². The molecule has 0 aromatic carbocycles. The molecule has 1 aromatic rings. The van der Waals surface area contributed by atoms with Crippen molar-refractivity contribution in [2.24, 2.45) is 0 Å². The number of aliphatic hydroxyl groups is 1. The lowest BCUT2D eigenvalue weighted by Crippen LogP contribution is -2.22. The Morgan fingerprint density at radius 3 is 2.14 bits per heavy atom. The van der Waals surface area contributed by atoms with Crippen LogP contribution < -0.4 is 0 Å². The molecule has 0 amide bonds. The van der Waals surface area contributed by atoms with Crippen molar-refractivity contribution in [1.29, 1.82) is 0 Å². The monoisotopic (exact) mass is 205 g/mol. The molecule has 2 nitrogen and oxygen atoms in total. The molecule has 1 N–H and O–H groups in total. The Morgan fingerprint density at radius 1 is 1.21 bits per heavy atom. The molecule has 0 aliphatic carbocycles. The molecule has 1 aromatic heterocycles. The predicted octanol–water partition coefficient (Wildman–Crippen LogP) is 2.33. The van der Waals surface area contributed by atoms with Gasteiger partial charge in [0.15, 0.2) is 0 Å². The second kappa shape index (κ2) is 3.24. The zero-order valence-electron chi connectivity index (χ0n) is 7.76. The molecule has 0 fully saturated rings. The van der Waals surface area contributed by atoms with Crippen LogP contribution in [0.5, 0.6) is 0 Å². The minimum atomic E-state index is -4.48. The predicted molar refractivity (Wildman–Crippen MR) is 44.5 cm³/mol. The molecule has 14 heavy (non-hydrogen) atoms. The molecule has 0 saturated heterocycles. The van der Waals surface area contributed by atoms with E-state index >= 15 is 0 Å². The molecule has 0 spiro atoms. The second-order valence-electron chi connectivity index (χ2n) is 3.48. The summed E-state index contributed by atoms with van der Waals surface area (Å²) in [4.78, 5) is 3.39. The third kappa shape index (κ3) is 2.23. The van der Waals surface area contributed by atoms with Gasteiger partial charge in [0.1, 0.15) is 0 Å². The molecular formula is C9H10F3NO. The van der Waals surface area contributed by atoms with Gasteiger partial charge in [0.25, 0.3) is 0 Å². The first-order chi connectivity index (χ1) is 6.23. The van der Waals surface area contributed by atoms with Gasteiger partial charge in [-0.3, -0.25) is 4.98 Å². The number of alkyl halides is 3. The summed E-state index contributed by atoms with van der Waals surface area (Å²) in [5.74, 6) is 0. The fourth-order valence-corrected chi connectivity index (χ4v) is 1.15. The highest BCUT2D eigenvalue weighted by molar-refractivity contribution is 5.30. The van der Waals surface area contributed by atoms with Gasteiger partial charge < -0.3 is 5.11 Å². The molecule has 1 heterocycles. The first-order valence-electron chi connectivity index (χ1n) is 3.97. The lowest BCUT2D eigenvalue weighted by Gasteiger charge is -2.22. The van der Waals surface area contributed by atoms with Crippen LogP contribution in [-0.4, -0.2) is 10.1 Å². The summed E-state index contributed by atoms with van der Waals surface area (Å²) in [6.45, 7) is 2.61. The van der Waals surface area contributed by atoms with Crippen LogP contribution in [0.15, 0.2) is 18.5 Å². The van der Waals surface area contributed by atoms with Crippen LogP contribution in [0.25, 0.3) is 0 Å². The Morgan fingerprint density at radius 2 is 1.79 bits per heavy atom. The van der Waals surface area contributed by atoms with Crippen molar-refractivity contribution in [2.75, 3.05) is 0 Å². The number of hydrogen-bond donors (Lipinski definition) is 1. The van der Waals surface area contributed by atoms with Crippen LogP contribution in [0.2, 0.25) is 0 Å². The quantitative estimate of drug-likeness (QED) is 0.763. The second-order valence-corrected chi connectivity index (χ2v) is 3.48. The lowest BCUT2D eigenvalue weighted by atomic mass is 9.95. The smallest absolute Gasteiger partial charge is 0.386 e. The van der Waals surface area contributed by atoms with Gasteiger partial charge in [-0.25, -0.2) is 0 Å². The zero-order valence-corrected chi connectivity index (χ0v) is 7.76. The van der Waals surface area contributed by atoms with E-state index in [9.17, 15) is 18.3 Å². The Balaban J connectivity index is 3.31. The SMILES string of the molecule is CC(C)(O)c1ccncc1C(F)(F)F. The minimum Gasteiger partial charge on any atom is -0.386 e. The van der Waals surface area contributed by atoms with Crippen molar-refractivity contribution >= 4 is 0 Å². The van der Waals surface area contributed by atoms with E-state index in [1.54, 1.807) is 0 Å². The average Bonchev–Trinajstić information content (AvgIpc) is 2.01. The van der Waals surface area contributed by atoms with E-state index in [4.69, 9.17) is 0 Å². The van der Waals surface area contributed by atoms with Crippen molar-refractivity contribution in [3.05, 3.63) is 29.6 Å². The van der Waals surface area contributed by atoms with Crippen LogP contribution in [0.1, 0.15) is 25.0 Å². The van der Waals surface area contributed by atoms with Crippen molar-refractivity contribution in [3.63, 3.8) is 0 Å². The van der Waals surface area contributed by atoms with Crippen LogP contribution in [0, 0.1) is 0 Å². The average molecular weight is 205 g/mol. The number of rotatable bonds is 1. The van der Waals surface area contributed by atoms with Crippen LogP contribution in [0.3, 0.4) is 0 Å². The molecule has 0 aliphatic rings. The summed E-state index contributed by atoms with van der Waals surface area (Å²) in [5.41, 5.74) is -2.58. The summed E-state index contributed by atoms with van der Waals surface area (Å²) in [6, 6.07) is 1.17. The summed E-state index contributed by atoms with van der Waals surface area (Å²) >= 11 is 0. The van der Waals surface area contributed by atoms with Crippen molar-refractivity contribution in [3.8, 4) is 0 Å².